The maximum absolute atomic E-state index is 12.4. The van der Waals surface area contributed by atoms with E-state index in [1.165, 1.54) is 0 Å². The summed E-state index contributed by atoms with van der Waals surface area (Å²) in [6.07, 6.45) is 1.12. The lowest BCUT2D eigenvalue weighted by atomic mass is 10.1. The van der Waals surface area contributed by atoms with Crippen molar-refractivity contribution in [2.75, 3.05) is 0 Å². The number of nitrogens with zero attached hydrogens (tertiary/aromatic N) is 1. The van der Waals surface area contributed by atoms with Crippen LogP contribution in [0, 0.1) is 11.3 Å². The Morgan fingerprint density at radius 3 is 2.62 bits per heavy atom. The number of aromatic amines is 2. The molecule has 2 N–H and O–H groups in total. The zero-order valence-corrected chi connectivity index (χ0v) is 10.5. The van der Waals surface area contributed by atoms with Gasteiger partial charge in [0.05, 0.1) is 16.6 Å². The Bertz CT molecular complexity index is 1070. The van der Waals surface area contributed by atoms with Crippen molar-refractivity contribution in [3.05, 3.63) is 67.2 Å². The van der Waals surface area contributed by atoms with Gasteiger partial charge in [0.1, 0.15) is 23.5 Å². The molecule has 3 aromatic rings. The third kappa shape index (κ3) is 1.95. The molecule has 0 saturated heterocycles. The van der Waals surface area contributed by atoms with Gasteiger partial charge in [0.15, 0.2) is 0 Å². The monoisotopic (exact) mass is 281 g/mol. The molecule has 0 atom stereocenters. The van der Waals surface area contributed by atoms with E-state index < -0.39 is 16.7 Å². The predicted molar refractivity (Wildman–Crippen MR) is 73.9 cm³/mol. The molecule has 3 rings (SSSR count). The molecule has 0 radical (unpaired) electrons. The minimum Gasteiger partial charge on any atom is -0.463 e. The second-order valence-electron chi connectivity index (χ2n) is 4.24. The zero-order chi connectivity index (χ0) is 15.0. The molecular formula is C14H7N3O4. The fraction of sp³-hybridized carbons (Fsp3) is 0. The van der Waals surface area contributed by atoms with Gasteiger partial charge >= 0.3 is 5.69 Å². The molecule has 2 heterocycles. The first-order valence-electron chi connectivity index (χ1n) is 5.89. The highest BCUT2D eigenvalue weighted by molar-refractivity contribution is 5.81. The van der Waals surface area contributed by atoms with Crippen molar-refractivity contribution in [3.8, 4) is 17.3 Å². The molecule has 7 nitrogen and oxygen atoms in total. The minimum absolute atomic E-state index is 0.0477. The molecule has 0 amide bonds. The Labute approximate surface area is 116 Å². The van der Waals surface area contributed by atoms with Crippen LogP contribution in [0.15, 0.2) is 49.3 Å². The van der Waals surface area contributed by atoms with E-state index in [0.29, 0.717) is 11.0 Å². The fourth-order valence-electron chi connectivity index (χ4n) is 2.05. The lowest BCUT2D eigenvalue weighted by Crippen LogP contribution is -2.26. The Morgan fingerprint density at radius 2 is 1.86 bits per heavy atom. The van der Waals surface area contributed by atoms with E-state index in [4.69, 9.17) is 9.68 Å². The van der Waals surface area contributed by atoms with E-state index in [-0.39, 0.29) is 16.8 Å². The predicted octanol–water partition coefficient (Wildman–Crippen LogP) is 0.708. The first-order valence-corrected chi connectivity index (χ1v) is 5.89. The molecule has 0 aliphatic rings. The van der Waals surface area contributed by atoms with Crippen molar-refractivity contribution < 1.29 is 4.42 Å². The fourth-order valence-corrected chi connectivity index (χ4v) is 2.05. The number of hydrogen-bond donors (Lipinski definition) is 2. The molecule has 0 spiro atoms. The maximum Gasteiger partial charge on any atom is 0.326 e. The molecule has 0 aliphatic heterocycles. The van der Waals surface area contributed by atoms with Crippen LogP contribution in [0.5, 0.6) is 0 Å². The zero-order valence-electron chi connectivity index (χ0n) is 10.5. The van der Waals surface area contributed by atoms with Crippen LogP contribution in [0.1, 0.15) is 5.56 Å². The summed E-state index contributed by atoms with van der Waals surface area (Å²) < 4.78 is 5.31. The summed E-state index contributed by atoms with van der Waals surface area (Å²) in [5.74, 6) is 0. The molecule has 0 bridgehead atoms. The first kappa shape index (κ1) is 12.6. The Balaban J connectivity index is 2.45. The summed E-state index contributed by atoms with van der Waals surface area (Å²) in [6, 6.07) is 8.22. The molecule has 1 aromatic carbocycles. The number of para-hydroxylation sites is 1. The van der Waals surface area contributed by atoms with Crippen LogP contribution in [0.4, 0.5) is 0 Å². The number of nitriles is 1. The largest absolute Gasteiger partial charge is 0.463 e. The molecule has 7 heteroatoms. The van der Waals surface area contributed by atoms with Gasteiger partial charge in [-0.15, -0.1) is 0 Å². The van der Waals surface area contributed by atoms with Crippen molar-refractivity contribution >= 4 is 11.0 Å². The Kier molecular flexibility index (Phi) is 2.77. The molecule has 102 valence electrons. The van der Waals surface area contributed by atoms with Gasteiger partial charge in [0.25, 0.3) is 5.56 Å². The van der Waals surface area contributed by atoms with Crippen LogP contribution in [0.2, 0.25) is 0 Å². The van der Waals surface area contributed by atoms with E-state index in [2.05, 4.69) is 4.98 Å². The van der Waals surface area contributed by atoms with E-state index in [1.54, 1.807) is 30.3 Å². The van der Waals surface area contributed by atoms with Gasteiger partial charge < -0.3 is 9.40 Å². The van der Waals surface area contributed by atoms with E-state index in [9.17, 15) is 14.4 Å². The van der Waals surface area contributed by atoms with Gasteiger partial charge in [0.2, 0.25) is 5.43 Å². The molecule has 0 saturated carbocycles. The highest BCUT2D eigenvalue weighted by Gasteiger charge is 2.16. The second kappa shape index (κ2) is 4.61. The van der Waals surface area contributed by atoms with Gasteiger partial charge in [-0.1, -0.05) is 12.1 Å². The molecule has 2 aromatic heterocycles. The molecular weight excluding hydrogens is 274 g/mol. The highest BCUT2D eigenvalue weighted by Crippen LogP contribution is 2.18. The third-order valence-electron chi connectivity index (χ3n) is 3.00. The summed E-state index contributed by atoms with van der Waals surface area (Å²) >= 11 is 0. The number of hydrogen-bond acceptors (Lipinski definition) is 5. The van der Waals surface area contributed by atoms with Gasteiger partial charge in [-0.25, -0.2) is 4.79 Å². The van der Waals surface area contributed by atoms with Crippen molar-refractivity contribution in [2.24, 2.45) is 0 Å². The van der Waals surface area contributed by atoms with Crippen LogP contribution in [0.3, 0.4) is 0 Å². The van der Waals surface area contributed by atoms with Gasteiger partial charge in [-0.2, -0.15) is 5.26 Å². The topological polar surface area (TPSA) is 120 Å². The summed E-state index contributed by atoms with van der Waals surface area (Å²) in [6.45, 7) is 0. The first-order chi connectivity index (χ1) is 10.1. The average Bonchev–Trinajstić information content (AvgIpc) is 2.47. The SMILES string of the molecule is N#Cc1c(-c2coc3ccccc3c2=O)[nH]c(=O)[nH]c1=O. The van der Waals surface area contributed by atoms with Crippen molar-refractivity contribution in [1.29, 1.82) is 5.26 Å². The molecule has 0 aliphatic carbocycles. The number of rotatable bonds is 1. The van der Waals surface area contributed by atoms with Crippen LogP contribution in [0.25, 0.3) is 22.2 Å². The number of aromatic nitrogens is 2. The summed E-state index contributed by atoms with van der Waals surface area (Å²) in [5.41, 5.74) is -2.27. The summed E-state index contributed by atoms with van der Waals surface area (Å²) in [5, 5.41) is 9.32. The standard InChI is InChI=1S/C14H7N3O4/c15-5-8-11(16-14(20)17-13(8)19)9-6-21-10-4-2-1-3-7(10)12(9)18/h1-4,6H,(H2,16,17,19,20). The summed E-state index contributed by atoms with van der Waals surface area (Å²) in [7, 11) is 0. The number of nitrogens with one attached hydrogen (secondary N) is 2. The van der Waals surface area contributed by atoms with Crippen LogP contribution < -0.4 is 16.7 Å². The minimum atomic E-state index is -0.858. The van der Waals surface area contributed by atoms with Gasteiger partial charge in [0, 0.05) is 0 Å². The lowest BCUT2D eigenvalue weighted by Gasteiger charge is -2.03. The molecule has 0 fully saturated rings. The van der Waals surface area contributed by atoms with E-state index in [0.717, 1.165) is 6.26 Å². The smallest absolute Gasteiger partial charge is 0.326 e. The highest BCUT2D eigenvalue weighted by atomic mass is 16.3. The van der Waals surface area contributed by atoms with E-state index in [1.807, 2.05) is 4.98 Å². The normalized spacial score (nSPS) is 10.4. The Hall–Kier alpha value is -3.40. The van der Waals surface area contributed by atoms with Crippen molar-refractivity contribution in [3.63, 3.8) is 0 Å². The summed E-state index contributed by atoms with van der Waals surface area (Å²) in [4.78, 5) is 39.6. The van der Waals surface area contributed by atoms with Crippen LogP contribution in [-0.4, -0.2) is 9.97 Å². The second-order valence-corrected chi connectivity index (χ2v) is 4.24. The lowest BCUT2D eigenvalue weighted by molar-refractivity contribution is 0.604. The number of benzene rings is 1. The number of fused-ring (bicyclic) bond motifs is 1. The van der Waals surface area contributed by atoms with E-state index >= 15 is 0 Å². The number of H-pyrrole nitrogens is 2. The maximum atomic E-state index is 12.4. The van der Waals surface area contributed by atoms with Crippen molar-refractivity contribution in [1.82, 2.24) is 9.97 Å². The third-order valence-corrected chi connectivity index (χ3v) is 3.00. The molecule has 0 unspecified atom stereocenters. The molecule has 21 heavy (non-hydrogen) atoms. The quantitative estimate of drug-likeness (QED) is 0.680. The van der Waals surface area contributed by atoms with Gasteiger partial charge in [-0.3, -0.25) is 14.6 Å². The average molecular weight is 281 g/mol. The van der Waals surface area contributed by atoms with Crippen molar-refractivity contribution in [2.45, 2.75) is 0 Å². The van der Waals surface area contributed by atoms with Gasteiger partial charge in [-0.05, 0) is 12.1 Å². The van der Waals surface area contributed by atoms with Crippen LogP contribution >= 0.6 is 0 Å². The Morgan fingerprint density at radius 1 is 1.10 bits per heavy atom. The van der Waals surface area contributed by atoms with Crippen LogP contribution in [-0.2, 0) is 0 Å².